The van der Waals surface area contributed by atoms with Gasteiger partial charge < -0.3 is 10.1 Å². The summed E-state index contributed by atoms with van der Waals surface area (Å²) in [5.41, 5.74) is 0.0687. The number of hydrogen-bond donors (Lipinski definition) is 1. The molecule has 0 aliphatic carbocycles. The monoisotopic (exact) mass is 360 g/mol. The predicted molar refractivity (Wildman–Crippen MR) is 80.1 cm³/mol. The Morgan fingerprint density at radius 3 is 3.10 bits per heavy atom. The Labute approximate surface area is 131 Å². The molecular formula is C15H19BrF2N2O. The molecule has 2 fully saturated rings. The van der Waals surface area contributed by atoms with Crippen molar-refractivity contribution in [1.82, 2.24) is 10.2 Å². The molecule has 0 amide bonds. The number of hydrogen-bond acceptors (Lipinski definition) is 3. The molecule has 1 N–H and O–H groups in total. The van der Waals surface area contributed by atoms with Crippen LogP contribution in [0.4, 0.5) is 8.78 Å². The Kier molecular flexibility index (Phi) is 4.88. The van der Waals surface area contributed by atoms with E-state index in [0.29, 0.717) is 12.6 Å². The first-order chi connectivity index (χ1) is 10.1. The van der Waals surface area contributed by atoms with Crippen molar-refractivity contribution in [3.8, 4) is 0 Å². The lowest BCUT2D eigenvalue weighted by molar-refractivity contribution is -0.0470. The molecule has 0 saturated carbocycles. The van der Waals surface area contributed by atoms with Crippen molar-refractivity contribution in [1.29, 1.82) is 0 Å². The van der Waals surface area contributed by atoms with Crippen LogP contribution in [0.3, 0.4) is 0 Å². The topological polar surface area (TPSA) is 24.5 Å². The van der Waals surface area contributed by atoms with Gasteiger partial charge in [0.25, 0.3) is 0 Å². The van der Waals surface area contributed by atoms with Crippen LogP contribution in [-0.4, -0.2) is 43.3 Å². The second-order valence-electron chi connectivity index (χ2n) is 5.70. The fraction of sp³-hybridized carbons (Fsp3) is 0.600. The lowest BCUT2D eigenvalue weighted by Crippen LogP contribution is -2.49. The van der Waals surface area contributed by atoms with Crippen molar-refractivity contribution in [3.63, 3.8) is 0 Å². The van der Waals surface area contributed by atoms with E-state index in [1.165, 1.54) is 25.0 Å². The number of rotatable bonds is 4. The Hall–Kier alpha value is -0.560. The SMILES string of the molecule is Fc1ccc(Br)c(F)c1CNCC1CN2CCCC2CO1. The highest BCUT2D eigenvalue weighted by atomic mass is 79.9. The third-order valence-corrected chi connectivity index (χ3v) is 4.89. The summed E-state index contributed by atoms with van der Waals surface area (Å²) in [6.45, 7) is 3.58. The summed E-state index contributed by atoms with van der Waals surface area (Å²) in [5.74, 6) is -1.06. The Morgan fingerprint density at radius 1 is 1.38 bits per heavy atom. The first kappa shape index (κ1) is 15.3. The quantitative estimate of drug-likeness (QED) is 0.835. The minimum absolute atomic E-state index is 0.0687. The number of benzene rings is 1. The van der Waals surface area contributed by atoms with Gasteiger partial charge in [0.2, 0.25) is 0 Å². The van der Waals surface area contributed by atoms with Gasteiger partial charge in [-0.25, -0.2) is 8.78 Å². The summed E-state index contributed by atoms with van der Waals surface area (Å²) in [7, 11) is 0. The van der Waals surface area contributed by atoms with Crippen LogP contribution in [-0.2, 0) is 11.3 Å². The molecule has 2 atom stereocenters. The fourth-order valence-corrected chi connectivity index (χ4v) is 3.47. The molecule has 1 aromatic rings. The van der Waals surface area contributed by atoms with Gasteiger partial charge >= 0.3 is 0 Å². The van der Waals surface area contributed by atoms with Gasteiger partial charge in [-0.1, -0.05) is 0 Å². The van der Waals surface area contributed by atoms with E-state index in [1.807, 2.05) is 0 Å². The van der Waals surface area contributed by atoms with Crippen LogP contribution < -0.4 is 5.32 Å². The summed E-state index contributed by atoms with van der Waals surface area (Å²) in [6.07, 6.45) is 2.55. The van der Waals surface area contributed by atoms with Crippen LogP contribution >= 0.6 is 15.9 Å². The van der Waals surface area contributed by atoms with Crippen LogP contribution in [0.25, 0.3) is 0 Å². The van der Waals surface area contributed by atoms with E-state index in [9.17, 15) is 8.78 Å². The summed E-state index contributed by atoms with van der Waals surface area (Å²) >= 11 is 3.08. The van der Waals surface area contributed by atoms with E-state index in [4.69, 9.17) is 4.74 Å². The minimum atomic E-state index is -0.535. The molecule has 2 aliphatic rings. The Morgan fingerprint density at radius 2 is 2.24 bits per heavy atom. The predicted octanol–water partition coefficient (Wildman–Crippen LogP) is 2.68. The van der Waals surface area contributed by atoms with Gasteiger partial charge in [-0.2, -0.15) is 0 Å². The first-order valence-corrected chi connectivity index (χ1v) is 8.13. The second kappa shape index (κ2) is 6.69. The summed E-state index contributed by atoms with van der Waals surface area (Å²) in [5, 5.41) is 3.11. The molecule has 1 aromatic carbocycles. The maximum absolute atomic E-state index is 13.8. The van der Waals surface area contributed by atoms with Crippen LogP contribution in [0.15, 0.2) is 16.6 Å². The van der Waals surface area contributed by atoms with E-state index < -0.39 is 11.6 Å². The molecule has 0 bridgehead atoms. The molecule has 6 heteroatoms. The standard InChI is InChI=1S/C15H19BrF2N2O/c16-13-3-4-14(17)12(15(13)18)7-19-6-11-8-20-5-1-2-10(20)9-21-11/h3-4,10-11,19H,1-2,5-9H2. The molecule has 3 rings (SSSR count). The van der Waals surface area contributed by atoms with Crippen molar-refractivity contribution in [2.75, 3.05) is 26.2 Å². The van der Waals surface area contributed by atoms with Crippen molar-refractivity contribution in [2.24, 2.45) is 0 Å². The number of halogens is 3. The smallest absolute Gasteiger partial charge is 0.144 e. The molecule has 0 spiro atoms. The largest absolute Gasteiger partial charge is 0.374 e. The van der Waals surface area contributed by atoms with E-state index in [2.05, 4.69) is 26.1 Å². The van der Waals surface area contributed by atoms with Crippen molar-refractivity contribution in [2.45, 2.75) is 31.5 Å². The van der Waals surface area contributed by atoms with Gasteiger partial charge in [0.1, 0.15) is 11.6 Å². The summed E-state index contributed by atoms with van der Waals surface area (Å²) in [6, 6.07) is 3.23. The van der Waals surface area contributed by atoms with Gasteiger partial charge in [-0.15, -0.1) is 0 Å². The maximum atomic E-state index is 13.8. The van der Waals surface area contributed by atoms with Gasteiger partial charge in [-0.05, 0) is 47.4 Å². The second-order valence-corrected chi connectivity index (χ2v) is 6.55. The number of fused-ring (bicyclic) bond motifs is 1. The number of nitrogens with zero attached hydrogens (tertiary/aromatic N) is 1. The molecular weight excluding hydrogens is 342 g/mol. The molecule has 2 aliphatic heterocycles. The summed E-state index contributed by atoms with van der Waals surface area (Å²) in [4.78, 5) is 2.45. The molecule has 3 nitrogen and oxygen atoms in total. The van der Waals surface area contributed by atoms with E-state index in [1.54, 1.807) is 0 Å². The lowest BCUT2D eigenvalue weighted by atomic mass is 10.1. The zero-order chi connectivity index (χ0) is 14.8. The number of nitrogens with one attached hydrogen (secondary N) is 1. The maximum Gasteiger partial charge on any atom is 0.144 e. The van der Waals surface area contributed by atoms with Gasteiger partial charge in [0.05, 0.1) is 17.2 Å². The third-order valence-electron chi connectivity index (χ3n) is 4.27. The van der Waals surface area contributed by atoms with Crippen LogP contribution in [0.1, 0.15) is 18.4 Å². The van der Waals surface area contributed by atoms with Crippen molar-refractivity contribution < 1.29 is 13.5 Å². The van der Waals surface area contributed by atoms with Crippen LogP contribution in [0, 0.1) is 11.6 Å². The fourth-order valence-electron chi connectivity index (χ4n) is 3.10. The number of ether oxygens (including phenoxy) is 1. The zero-order valence-electron chi connectivity index (χ0n) is 11.7. The normalized spacial score (nSPS) is 26.0. The average Bonchev–Trinajstić information content (AvgIpc) is 2.94. The van der Waals surface area contributed by atoms with E-state index in [0.717, 1.165) is 19.7 Å². The van der Waals surface area contributed by atoms with Gasteiger partial charge in [0.15, 0.2) is 0 Å². The molecule has 0 radical (unpaired) electrons. The van der Waals surface area contributed by atoms with Crippen LogP contribution in [0.2, 0.25) is 0 Å². The third kappa shape index (κ3) is 3.44. The zero-order valence-corrected chi connectivity index (χ0v) is 13.3. The van der Waals surface area contributed by atoms with Gasteiger partial charge in [0, 0.05) is 31.2 Å². The highest BCUT2D eigenvalue weighted by Gasteiger charge is 2.31. The molecule has 2 unspecified atom stereocenters. The molecule has 21 heavy (non-hydrogen) atoms. The first-order valence-electron chi connectivity index (χ1n) is 7.34. The van der Waals surface area contributed by atoms with Crippen molar-refractivity contribution in [3.05, 3.63) is 33.8 Å². The number of morpholine rings is 1. The molecule has 116 valence electrons. The Balaban J connectivity index is 1.51. The van der Waals surface area contributed by atoms with E-state index >= 15 is 0 Å². The average molecular weight is 361 g/mol. The lowest BCUT2D eigenvalue weighted by Gasteiger charge is -2.35. The highest BCUT2D eigenvalue weighted by molar-refractivity contribution is 9.10. The summed E-state index contributed by atoms with van der Waals surface area (Å²) < 4.78 is 33.6. The minimum Gasteiger partial charge on any atom is -0.374 e. The molecule has 0 aromatic heterocycles. The molecule has 2 heterocycles. The van der Waals surface area contributed by atoms with E-state index in [-0.39, 0.29) is 22.7 Å². The Bertz CT molecular complexity index is 515. The highest BCUT2D eigenvalue weighted by Crippen LogP contribution is 2.23. The van der Waals surface area contributed by atoms with Gasteiger partial charge in [-0.3, -0.25) is 4.90 Å². The molecule has 2 saturated heterocycles. The van der Waals surface area contributed by atoms with Crippen molar-refractivity contribution >= 4 is 15.9 Å². The van der Waals surface area contributed by atoms with Crippen LogP contribution in [0.5, 0.6) is 0 Å².